The van der Waals surface area contributed by atoms with Gasteiger partial charge in [0, 0.05) is 24.0 Å². The average molecular weight is 383 g/mol. The number of nitrogens with one attached hydrogen (secondary N) is 1. The van der Waals surface area contributed by atoms with Crippen LogP contribution in [0.4, 0.5) is 0 Å². The van der Waals surface area contributed by atoms with E-state index in [0.29, 0.717) is 5.69 Å². The number of carbonyl (C=O) groups excluding carboxylic acids is 3. The summed E-state index contributed by atoms with van der Waals surface area (Å²) in [6.07, 6.45) is 2.75. The quantitative estimate of drug-likeness (QED) is 0.610. The normalized spacial score (nSPS) is 11.4. The fraction of sp³-hybridized carbons (Fsp3) is 0.333. The molecule has 2 rings (SSSR count). The summed E-state index contributed by atoms with van der Waals surface area (Å²) >= 11 is 0. The number of esters is 1. The van der Waals surface area contributed by atoms with E-state index in [1.54, 1.807) is 6.07 Å². The van der Waals surface area contributed by atoms with Gasteiger partial charge in [0.2, 0.25) is 5.91 Å². The van der Waals surface area contributed by atoms with E-state index in [0.717, 1.165) is 10.9 Å². The third kappa shape index (κ3) is 6.83. The molecule has 1 N–H and O–H groups in total. The molecular formula is C21H25N3O4. The Hall–Kier alpha value is -3.22. The third-order valence-corrected chi connectivity index (χ3v) is 3.67. The van der Waals surface area contributed by atoms with Crippen molar-refractivity contribution in [3.63, 3.8) is 0 Å². The third-order valence-electron chi connectivity index (χ3n) is 3.67. The smallest absolute Gasteiger partial charge is 0.331 e. The van der Waals surface area contributed by atoms with Crippen LogP contribution in [0.1, 0.15) is 26.5 Å². The number of pyridine rings is 1. The molecule has 1 aromatic carbocycles. The van der Waals surface area contributed by atoms with Gasteiger partial charge in [-0.25, -0.2) is 9.78 Å². The number of aromatic nitrogens is 1. The fourth-order valence-electron chi connectivity index (χ4n) is 2.38. The van der Waals surface area contributed by atoms with Crippen LogP contribution >= 0.6 is 0 Å². The Kier molecular flexibility index (Phi) is 6.87. The van der Waals surface area contributed by atoms with Crippen molar-refractivity contribution >= 4 is 34.8 Å². The van der Waals surface area contributed by atoms with E-state index in [-0.39, 0.29) is 18.0 Å². The Morgan fingerprint density at radius 3 is 2.57 bits per heavy atom. The van der Waals surface area contributed by atoms with Crippen LogP contribution in [0.5, 0.6) is 0 Å². The summed E-state index contributed by atoms with van der Waals surface area (Å²) in [6.45, 7) is 5.01. The zero-order valence-corrected chi connectivity index (χ0v) is 16.6. The van der Waals surface area contributed by atoms with E-state index in [9.17, 15) is 14.4 Å². The van der Waals surface area contributed by atoms with E-state index in [1.807, 2.05) is 51.1 Å². The van der Waals surface area contributed by atoms with Gasteiger partial charge < -0.3 is 15.0 Å². The van der Waals surface area contributed by atoms with Crippen molar-refractivity contribution in [1.29, 1.82) is 0 Å². The molecule has 0 unspecified atom stereocenters. The Balaban J connectivity index is 1.82. The number of benzene rings is 1. The maximum absolute atomic E-state index is 12.0. The van der Waals surface area contributed by atoms with Crippen LogP contribution in [0.2, 0.25) is 0 Å². The zero-order valence-electron chi connectivity index (χ0n) is 16.6. The number of ether oxygens (including phenoxy) is 1. The minimum absolute atomic E-state index is 0.107. The molecule has 0 atom stereocenters. The molecule has 0 fully saturated rings. The molecule has 0 aliphatic rings. The largest absolute Gasteiger partial charge is 0.452 e. The molecule has 28 heavy (non-hydrogen) atoms. The van der Waals surface area contributed by atoms with Crippen LogP contribution in [0.25, 0.3) is 17.0 Å². The monoisotopic (exact) mass is 383 g/mol. The van der Waals surface area contributed by atoms with E-state index < -0.39 is 18.5 Å². The van der Waals surface area contributed by atoms with Gasteiger partial charge >= 0.3 is 5.97 Å². The summed E-state index contributed by atoms with van der Waals surface area (Å²) in [6, 6.07) is 11.4. The lowest BCUT2D eigenvalue weighted by molar-refractivity contribution is -0.148. The summed E-state index contributed by atoms with van der Waals surface area (Å²) in [5.74, 6) is -1.40. The summed E-state index contributed by atoms with van der Waals surface area (Å²) < 4.78 is 4.94. The number of likely N-dealkylation sites (N-methyl/N-ethyl adjacent to an activating group) is 1. The lowest BCUT2D eigenvalue weighted by Gasteiger charge is -2.23. The summed E-state index contributed by atoms with van der Waals surface area (Å²) in [5, 5.41) is 3.77. The lowest BCUT2D eigenvalue weighted by atomic mass is 10.1. The molecule has 7 nitrogen and oxygen atoms in total. The molecule has 0 saturated carbocycles. The molecule has 0 aliphatic carbocycles. The number of hydrogen-bond acceptors (Lipinski definition) is 5. The minimum Gasteiger partial charge on any atom is -0.452 e. The molecule has 1 aromatic heterocycles. The van der Waals surface area contributed by atoms with E-state index in [2.05, 4.69) is 10.3 Å². The van der Waals surface area contributed by atoms with Crippen molar-refractivity contribution in [3.05, 3.63) is 48.2 Å². The Morgan fingerprint density at radius 2 is 1.86 bits per heavy atom. The highest BCUT2D eigenvalue weighted by Gasteiger charge is 2.18. The number of rotatable bonds is 6. The summed E-state index contributed by atoms with van der Waals surface area (Å²) in [4.78, 5) is 41.3. The van der Waals surface area contributed by atoms with E-state index in [1.165, 1.54) is 24.1 Å². The molecule has 2 aromatic rings. The number of carbonyl (C=O) groups is 3. The van der Waals surface area contributed by atoms with Crippen LogP contribution in [0, 0.1) is 0 Å². The molecule has 0 bridgehead atoms. The van der Waals surface area contributed by atoms with Gasteiger partial charge in [-0.3, -0.25) is 9.59 Å². The van der Waals surface area contributed by atoms with E-state index in [4.69, 9.17) is 4.74 Å². The molecule has 0 spiro atoms. The number of amides is 2. The second-order valence-corrected chi connectivity index (χ2v) is 7.42. The number of para-hydroxylation sites is 1. The number of hydrogen-bond donors (Lipinski definition) is 1. The highest BCUT2D eigenvalue weighted by molar-refractivity contribution is 5.90. The second-order valence-electron chi connectivity index (χ2n) is 7.42. The van der Waals surface area contributed by atoms with Crippen molar-refractivity contribution in [2.24, 2.45) is 0 Å². The van der Waals surface area contributed by atoms with Crippen molar-refractivity contribution in [1.82, 2.24) is 15.2 Å². The van der Waals surface area contributed by atoms with Crippen LogP contribution in [0.3, 0.4) is 0 Å². The van der Waals surface area contributed by atoms with Crippen LogP contribution < -0.4 is 5.32 Å². The molecular weight excluding hydrogens is 358 g/mol. The molecule has 148 valence electrons. The number of fused-ring (bicyclic) bond motifs is 1. The van der Waals surface area contributed by atoms with Crippen LogP contribution in [-0.2, 0) is 19.1 Å². The zero-order chi connectivity index (χ0) is 20.7. The first-order chi connectivity index (χ1) is 13.1. The van der Waals surface area contributed by atoms with Gasteiger partial charge in [0.05, 0.1) is 17.8 Å². The van der Waals surface area contributed by atoms with Gasteiger partial charge in [0.1, 0.15) is 0 Å². The van der Waals surface area contributed by atoms with Gasteiger partial charge in [-0.15, -0.1) is 0 Å². The van der Waals surface area contributed by atoms with Crippen molar-refractivity contribution < 1.29 is 19.1 Å². The first kappa shape index (κ1) is 21.1. The fourth-order valence-corrected chi connectivity index (χ4v) is 2.38. The lowest BCUT2D eigenvalue weighted by Crippen LogP contribution is -2.46. The second kappa shape index (κ2) is 9.12. The molecule has 2 amide bonds. The maximum atomic E-state index is 12.0. The minimum atomic E-state index is -0.657. The average Bonchev–Trinajstić information content (AvgIpc) is 2.62. The highest BCUT2D eigenvalue weighted by Crippen LogP contribution is 2.12. The number of nitrogens with zero attached hydrogens (tertiary/aromatic N) is 2. The Morgan fingerprint density at radius 1 is 1.14 bits per heavy atom. The highest BCUT2D eigenvalue weighted by atomic mass is 16.5. The Bertz CT molecular complexity index is 900. The molecule has 1 heterocycles. The molecule has 0 aliphatic heterocycles. The first-order valence-electron chi connectivity index (χ1n) is 8.90. The van der Waals surface area contributed by atoms with Crippen LogP contribution in [-0.4, -0.2) is 53.4 Å². The van der Waals surface area contributed by atoms with Gasteiger partial charge in [-0.05, 0) is 39.0 Å². The van der Waals surface area contributed by atoms with Gasteiger partial charge in [-0.1, -0.05) is 24.3 Å². The van der Waals surface area contributed by atoms with Gasteiger partial charge in [0.25, 0.3) is 5.91 Å². The predicted octanol–water partition coefficient (Wildman–Crippen LogP) is 2.16. The summed E-state index contributed by atoms with van der Waals surface area (Å²) in [5.41, 5.74) is 1.05. The Labute approximate surface area is 164 Å². The standard InChI is InChI=1S/C21H25N3O4/c1-21(2,3)23-18(25)13-24(4)19(26)14-28-20(27)12-11-16-10-9-15-7-5-6-8-17(15)22-16/h5-12H,13-14H2,1-4H3,(H,23,25)/b12-11+. The molecule has 0 radical (unpaired) electrons. The van der Waals surface area contributed by atoms with Gasteiger partial charge in [-0.2, -0.15) is 0 Å². The first-order valence-corrected chi connectivity index (χ1v) is 8.90. The van der Waals surface area contributed by atoms with Gasteiger partial charge in [0.15, 0.2) is 6.61 Å². The predicted molar refractivity (Wildman–Crippen MR) is 107 cm³/mol. The van der Waals surface area contributed by atoms with Crippen LogP contribution in [0.15, 0.2) is 42.5 Å². The molecule has 0 saturated heterocycles. The maximum Gasteiger partial charge on any atom is 0.331 e. The topological polar surface area (TPSA) is 88.6 Å². The van der Waals surface area contributed by atoms with Crippen molar-refractivity contribution in [3.8, 4) is 0 Å². The van der Waals surface area contributed by atoms with E-state index >= 15 is 0 Å². The van der Waals surface area contributed by atoms with Crippen molar-refractivity contribution in [2.75, 3.05) is 20.2 Å². The molecule has 7 heteroatoms. The SMILES string of the molecule is CN(CC(=O)NC(C)(C)C)C(=O)COC(=O)/C=C/c1ccc2ccccc2n1. The van der Waals surface area contributed by atoms with Crippen molar-refractivity contribution in [2.45, 2.75) is 26.3 Å². The summed E-state index contributed by atoms with van der Waals surface area (Å²) in [7, 11) is 1.48.